The van der Waals surface area contributed by atoms with Gasteiger partial charge >= 0.3 is 12.4 Å². The number of allylic oxidation sites excluding steroid dienone is 1. The van der Waals surface area contributed by atoms with Crippen LogP contribution in [0.5, 0.6) is 0 Å². The van der Waals surface area contributed by atoms with Crippen LogP contribution in [0.15, 0.2) is 54.4 Å². The summed E-state index contributed by atoms with van der Waals surface area (Å²) in [6.45, 7) is 0.845. The molecule has 11 heteroatoms. The second-order valence-electron chi connectivity index (χ2n) is 7.72. The second-order valence-corrected chi connectivity index (χ2v) is 8.12. The SMILES string of the molecule is CN1CCC[C@@H]1c1ccccc1Cl.N/C(C=O)=C\NCc1cc(C(F)(F)F)cc(C(F)(F)F)c1. The number of nitrogens with zero attached hydrogens (tertiary/aromatic N) is 1. The molecule has 34 heavy (non-hydrogen) atoms. The summed E-state index contributed by atoms with van der Waals surface area (Å²) < 4.78 is 75.5. The number of alkyl halides is 6. The lowest BCUT2D eigenvalue weighted by Crippen LogP contribution is -2.17. The zero-order valence-electron chi connectivity index (χ0n) is 18.2. The van der Waals surface area contributed by atoms with Crippen molar-refractivity contribution in [3.63, 3.8) is 0 Å². The number of hydrogen-bond acceptors (Lipinski definition) is 4. The van der Waals surface area contributed by atoms with E-state index in [1.165, 1.54) is 24.9 Å². The summed E-state index contributed by atoms with van der Waals surface area (Å²) in [5.41, 5.74) is 3.10. The Labute approximate surface area is 198 Å². The monoisotopic (exact) mass is 507 g/mol. The lowest BCUT2D eigenvalue weighted by molar-refractivity contribution is -0.143. The Morgan fingerprint density at radius 2 is 1.71 bits per heavy atom. The van der Waals surface area contributed by atoms with Gasteiger partial charge in [-0.25, -0.2) is 0 Å². The molecule has 2 aromatic carbocycles. The molecule has 3 rings (SSSR count). The maximum Gasteiger partial charge on any atom is 0.416 e. The van der Waals surface area contributed by atoms with Gasteiger partial charge in [0.25, 0.3) is 0 Å². The van der Waals surface area contributed by atoms with Crippen molar-refractivity contribution >= 4 is 17.9 Å². The lowest BCUT2D eigenvalue weighted by atomic mass is 10.0. The largest absolute Gasteiger partial charge is 0.416 e. The highest BCUT2D eigenvalue weighted by molar-refractivity contribution is 6.31. The predicted octanol–water partition coefficient (Wildman–Crippen LogP) is 5.92. The predicted molar refractivity (Wildman–Crippen MR) is 118 cm³/mol. The van der Waals surface area contributed by atoms with Crippen molar-refractivity contribution in [3.8, 4) is 0 Å². The standard InChI is InChI=1S/C12H10F6N2O.C11H14ClN/c13-11(14,15)8-1-7(4-20-5-10(19)6-21)2-9(3-8)12(16,17)18;1-13-8-4-7-11(13)9-5-2-3-6-10(9)12/h1-3,5-6,20H,4,19H2;2-3,5-6,11H,4,7-8H2,1H3/b10-5-;/t;11-/m.1/s1. The first kappa shape index (κ1) is 27.5. The van der Waals surface area contributed by atoms with Crippen LogP contribution in [-0.4, -0.2) is 24.8 Å². The van der Waals surface area contributed by atoms with Crippen molar-refractivity contribution < 1.29 is 31.1 Å². The van der Waals surface area contributed by atoms with Crippen LogP contribution >= 0.6 is 11.6 Å². The van der Waals surface area contributed by atoms with Gasteiger partial charge < -0.3 is 11.1 Å². The van der Waals surface area contributed by atoms with Crippen molar-refractivity contribution in [1.29, 1.82) is 0 Å². The molecular weight excluding hydrogens is 484 g/mol. The number of halogens is 7. The molecule has 186 valence electrons. The maximum atomic E-state index is 12.6. The quantitative estimate of drug-likeness (QED) is 0.300. The van der Waals surface area contributed by atoms with E-state index in [2.05, 4.69) is 29.4 Å². The van der Waals surface area contributed by atoms with E-state index in [1.807, 2.05) is 12.1 Å². The molecule has 0 radical (unpaired) electrons. The Balaban J connectivity index is 0.000000266. The fraction of sp³-hybridized carbons (Fsp3) is 0.348. The fourth-order valence-corrected chi connectivity index (χ4v) is 3.75. The van der Waals surface area contributed by atoms with Gasteiger partial charge in [0.1, 0.15) is 0 Å². The third-order valence-electron chi connectivity index (χ3n) is 5.14. The highest BCUT2D eigenvalue weighted by Crippen LogP contribution is 2.36. The summed E-state index contributed by atoms with van der Waals surface area (Å²) >= 11 is 6.14. The molecule has 1 aliphatic heterocycles. The van der Waals surface area contributed by atoms with Crippen LogP contribution in [0.3, 0.4) is 0 Å². The number of carbonyl (C=O) groups excluding carboxylic acids is 1. The van der Waals surface area contributed by atoms with Gasteiger partial charge in [-0.2, -0.15) is 26.3 Å². The zero-order chi connectivity index (χ0) is 25.5. The van der Waals surface area contributed by atoms with Gasteiger partial charge in [-0.1, -0.05) is 29.8 Å². The Hall–Kier alpha value is -2.72. The van der Waals surface area contributed by atoms with Crippen LogP contribution < -0.4 is 11.1 Å². The van der Waals surface area contributed by atoms with E-state index in [0.717, 1.165) is 11.2 Å². The highest BCUT2D eigenvalue weighted by Gasteiger charge is 2.36. The molecule has 0 aliphatic carbocycles. The Bertz CT molecular complexity index is 975. The van der Waals surface area contributed by atoms with Crippen LogP contribution in [-0.2, 0) is 23.7 Å². The van der Waals surface area contributed by atoms with Crippen LogP contribution in [0.1, 0.15) is 41.1 Å². The molecule has 1 fully saturated rings. The molecule has 4 nitrogen and oxygen atoms in total. The summed E-state index contributed by atoms with van der Waals surface area (Å²) in [7, 11) is 2.17. The first-order valence-corrected chi connectivity index (χ1v) is 10.6. The van der Waals surface area contributed by atoms with E-state index in [4.69, 9.17) is 17.3 Å². The number of hydrogen-bond donors (Lipinski definition) is 2. The summed E-state index contributed by atoms with van der Waals surface area (Å²) in [5.74, 6) is 0. The average molecular weight is 508 g/mol. The van der Waals surface area contributed by atoms with E-state index in [9.17, 15) is 31.1 Å². The number of rotatable bonds is 5. The average Bonchev–Trinajstić information content (AvgIpc) is 3.18. The van der Waals surface area contributed by atoms with E-state index in [1.54, 1.807) is 0 Å². The molecule has 1 atom stereocenters. The number of nitrogens with two attached hydrogens (primary N) is 1. The van der Waals surface area contributed by atoms with E-state index in [0.29, 0.717) is 18.2 Å². The van der Waals surface area contributed by atoms with Crippen molar-refractivity contribution in [1.82, 2.24) is 10.2 Å². The van der Waals surface area contributed by atoms with Crippen molar-refractivity contribution in [3.05, 3.63) is 81.6 Å². The van der Waals surface area contributed by atoms with Crippen molar-refractivity contribution in [2.24, 2.45) is 5.73 Å². The summed E-state index contributed by atoms with van der Waals surface area (Å²) in [6, 6.07) is 9.92. The molecular formula is C23H24ClF6N3O. The minimum Gasteiger partial charge on any atom is -0.395 e. The minimum atomic E-state index is -4.90. The number of nitrogens with one attached hydrogen (secondary N) is 1. The van der Waals surface area contributed by atoms with Gasteiger partial charge in [-0.3, -0.25) is 9.69 Å². The van der Waals surface area contributed by atoms with Gasteiger partial charge in [-0.15, -0.1) is 0 Å². The number of benzene rings is 2. The first-order chi connectivity index (χ1) is 15.8. The highest BCUT2D eigenvalue weighted by atomic mass is 35.5. The smallest absolute Gasteiger partial charge is 0.395 e. The minimum absolute atomic E-state index is 0.0408. The van der Waals surface area contributed by atoms with Gasteiger partial charge in [0.2, 0.25) is 0 Å². The molecule has 3 N–H and O–H groups in total. The van der Waals surface area contributed by atoms with Gasteiger partial charge in [-0.05, 0) is 61.8 Å². The van der Waals surface area contributed by atoms with Crippen molar-refractivity contribution in [2.75, 3.05) is 13.6 Å². The van der Waals surface area contributed by atoms with Gasteiger partial charge in [0.15, 0.2) is 6.29 Å². The normalized spacial score (nSPS) is 17.2. The summed E-state index contributed by atoms with van der Waals surface area (Å²) in [5, 5.41) is 3.26. The number of likely N-dealkylation sites (tertiary alicyclic amines) is 1. The molecule has 0 bridgehead atoms. The Kier molecular flexibility index (Phi) is 9.40. The molecule has 1 heterocycles. The van der Waals surface area contributed by atoms with E-state index in [-0.39, 0.29) is 30.2 Å². The van der Waals surface area contributed by atoms with Crippen LogP contribution in [0.2, 0.25) is 5.02 Å². The number of carbonyl (C=O) groups is 1. The molecule has 2 aromatic rings. The summed E-state index contributed by atoms with van der Waals surface area (Å²) in [4.78, 5) is 12.6. The fourth-order valence-electron chi connectivity index (χ4n) is 3.49. The van der Waals surface area contributed by atoms with Crippen molar-refractivity contribution in [2.45, 2.75) is 37.8 Å². The maximum absolute atomic E-state index is 12.6. The van der Waals surface area contributed by atoms with Crippen LogP contribution in [0, 0.1) is 0 Å². The molecule has 1 saturated heterocycles. The van der Waals surface area contributed by atoms with Gasteiger partial charge in [0, 0.05) is 23.8 Å². The third-order valence-corrected chi connectivity index (χ3v) is 5.49. The lowest BCUT2D eigenvalue weighted by Gasteiger charge is -2.20. The number of aldehydes is 1. The topological polar surface area (TPSA) is 58.4 Å². The van der Waals surface area contributed by atoms with Crippen LogP contribution in [0.4, 0.5) is 26.3 Å². The molecule has 0 amide bonds. The molecule has 1 aliphatic rings. The Morgan fingerprint density at radius 1 is 1.12 bits per heavy atom. The van der Waals surface area contributed by atoms with Gasteiger partial charge in [0.05, 0.1) is 16.8 Å². The second kappa shape index (κ2) is 11.6. The molecule has 0 unspecified atom stereocenters. The molecule has 0 aromatic heterocycles. The van der Waals surface area contributed by atoms with Crippen LogP contribution in [0.25, 0.3) is 0 Å². The first-order valence-electron chi connectivity index (χ1n) is 10.2. The van der Waals surface area contributed by atoms with E-state index >= 15 is 0 Å². The zero-order valence-corrected chi connectivity index (χ0v) is 18.9. The molecule has 0 saturated carbocycles. The third kappa shape index (κ3) is 7.95. The van der Waals surface area contributed by atoms with E-state index < -0.39 is 23.5 Å². The Morgan fingerprint density at radius 3 is 2.18 bits per heavy atom. The molecule has 0 spiro atoms. The summed E-state index contributed by atoms with van der Waals surface area (Å²) in [6.07, 6.45) is -6.01.